The van der Waals surface area contributed by atoms with E-state index in [1.807, 2.05) is 6.92 Å². The number of carbonyl (C=O) groups is 1. The summed E-state index contributed by atoms with van der Waals surface area (Å²) >= 11 is 1.68. The van der Waals surface area contributed by atoms with E-state index in [1.165, 1.54) is 18.4 Å². The molecular weight excluding hydrogens is 342 g/mol. The molecule has 2 N–H and O–H groups in total. The van der Waals surface area contributed by atoms with Gasteiger partial charge in [-0.2, -0.15) is 0 Å². The van der Waals surface area contributed by atoms with Crippen LogP contribution in [0.2, 0.25) is 0 Å². The molecule has 2 aromatic rings. The molecule has 26 heavy (non-hydrogen) atoms. The van der Waals surface area contributed by atoms with Gasteiger partial charge in [-0.15, -0.1) is 11.3 Å². The highest BCUT2D eigenvalue weighted by molar-refractivity contribution is 7.15. The van der Waals surface area contributed by atoms with E-state index in [2.05, 4.69) is 48.7 Å². The number of benzene rings is 1. The van der Waals surface area contributed by atoms with Crippen LogP contribution < -0.4 is 10.6 Å². The first-order chi connectivity index (χ1) is 12.5. The van der Waals surface area contributed by atoms with E-state index in [0.29, 0.717) is 12.3 Å². The Balaban J connectivity index is 1.57. The van der Waals surface area contributed by atoms with Crippen LogP contribution in [0.4, 0.5) is 0 Å². The summed E-state index contributed by atoms with van der Waals surface area (Å²) in [6.07, 6.45) is 4.00. The maximum Gasteiger partial charge on any atom is 0.220 e. The Morgan fingerprint density at radius 1 is 1.27 bits per heavy atom. The lowest BCUT2D eigenvalue weighted by Crippen LogP contribution is -2.30. The highest BCUT2D eigenvalue weighted by atomic mass is 32.1. The molecule has 1 atom stereocenters. The minimum atomic E-state index is 0.00669. The van der Waals surface area contributed by atoms with Crippen LogP contribution >= 0.6 is 11.3 Å². The van der Waals surface area contributed by atoms with Crippen molar-refractivity contribution in [1.82, 2.24) is 15.6 Å². The summed E-state index contributed by atoms with van der Waals surface area (Å²) in [6, 6.07) is 8.45. The third kappa shape index (κ3) is 4.92. The molecule has 0 bridgehead atoms. The van der Waals surface area contributed by atoms with Crippen LogP contribution in [0.15, 0.2) is 24.3 Å². The summed E-state index contributed by atoms with van der Waals surface area (Å²) in [5.41, 5.74) is 3.40. The number of hydrogen-bond acceptors (Lipinski definition) is 4. The van der Waals surface area contributed by atoms with Gasteiger partial charge in [0.15, 0.2) is 0 Å². The summed E-state index contributed by atoms with van der Waals surface area (Å²) < 4.78 is 0. The normalized spacial score (nSPS) is 16.4. The Kier molecular flexibility index (Phi) is 6.43. The average Bonchev–Trinajstić information content (AvgIpc) is 3.03. The van der Waals surface area contributed by atoms with E-state index in [1.54, 1.807) is 11.3 Å². The largest absolute Gasteiger partial charge is 0.349 e. The quantitative estimate of drug-likeness (QED) is 0.792. The van der Waals surface area contributed by atoms with Gasteiger partial charge in [0.1, 0.15) is 5.01 Å². The lowest BCUT2D eigenvalue weighted by Gasteiger charge is -2.22. The van der Waals surface area contributed by atoms with Crippen LogP contribution in [0.25, 0.3) is 10.6 Å². The van der Waals surface area contributed by atoms with Crippen molar-refractivity contribution in [3.63, 3.8) is 0 Å². The van der Waals surface area contributed by atoms with Crippen LogP contribution in [-0.4, -0.2) is 24.0 Å². The molecule has 5 heteroatoms. The average molecular weight is 372 g/mol. The number of nitrogens with one attached hydrogen (secondary N) is 2. The molecule has 0 saturated carbocycles. The summed E-state index contributed by atoms with van der Waals surface area (Å²) in [6.45, 7) is 8.35. The fraction of sp³-hybridized carbons (Fsp3) is 0.524. The van der Waals surface area contributed by atoms with Crippen LogP contribution in [0, 0.1) is 19.8 Å². The van der Waals surface area contributed by atoms with Gasteiger partial charge in [0.2, 0.25) is 5.91 Å². The summed E-state index contributed by atoms with van der Waals surface area (Å²) in [5, 5.41) is 7.56. The van der Waals surface area contributed by atoms with E-state index in [0.717, 1.165) is 40.7 Å². The van der Waals surface area contributed by atoms with Crippen LogP contribution in [0.5, 0.6) is 0 Å². The van der Waals surface area contributed by atoms with Gasteiger partial charge in [-0.25, -0.2) is 4.98 Å². The number of amides is 1. The maximum absolute atomic E-state index is 12.4. The Hall–Kier alpha value is -1.72. The molecule has 0 aliphatic carbocycles. The zero-order chi connectivity index (χ0) is 18.5. The molecule has 1 saturated heterocycles. The first-order valence-corrected chi connectivity index (χ1v) is 10.4. The lowest BCUT2D eigenvalue weighted by atomic mass is 9.93. The van der Waals surface area contributed by atoms with Crippen LogP contribution in [0.1, 0.15) is 54.8 Å². The van der Waals surface area contributed by atoms with Gasteiger partial charge < -0.3 is 10.6 Å². The molecule has 3 rings (SSSR count). The number of hydrogen-bond donors (Lipinski definition) is 2. The molecule has 1 aliphatic heterocycles. The van der Waals surface area contributed by atoms with Crippen LogP contribution in [-0.2, 0) is 4.79 Å². The van der Waals surface area contributed by atoms with Crippen molar-refractivity contribution >= 4 is 17.2 Å². The Morgan fingerprint density at radius 3 is 2.65 bits per heavy atom. The van der Waals surface area contributed by atoms with Crippen molar-refractivity contribution in [3.05, 3.63) is 40.4 Å². The maximum atomic E-state index is 12.4. The molecule has 1 aromatic carbocycles. The summed E-state index contributed by atoms with van der Waals surface area (Å²) in [4.78, 5) is 18.2. The fourth-order valence-corrected chi connectivity index (χ4v) is 4.59. The van der Waals surface area contributed by atoms with Crippen molar-refractivity contribution in [3.8, 4) is 10.6 Å². The summed E-state index contributed by atoms with van der Waals surface area (Å²) in [5.74, 6) is 0.844. The zero-order valence-electron chi connectivity index (χ0n) is 16.0. The van der Waals surface area contributed by atoms with Crippen molar-refractivity contribution in [1.29, 1.82) is 0 Å². The van der Waals surface area contributed by atoms with Gasteiger partial charge in [0.25, 0.3) is 0 Å². The second kappa shape index (κ2) is 8.78. The standard InChI is InChI=1S/C21H29N3OS/c1-14-4-7-18(8-5-14)21-24-16(3)20(26-21)15(2)23-19(25)9-6-17-10-12-22-13-11-17/h4-5,7-8,15,17,22H,6,9-13H2,1-3H3,(H,23,25). The SMILES string of the molecule is Cc1ccc(-c2nc(C)c(C(C)NC(=O)CCC3CCNCC3)s2)cc1. The fourth-order valence-electron chi connectivity index (χ4n) is 3.51. The van der Waals surface area contributed by atoms with Gasteiger partial charge in [-0.05, 0) is 59.0 Å². The second-order valence-corrected chi connectivity index (χ2v) is 8.39. The minimum absolute atomic E-state index is 0.00669. The number of aryl methyl sites for hydroxylation is 2. The molecule has 1 amide bonds. The molecule has 140 valence electrons. The number of rotatable bonds is 6. The molecule has 0 radical (unpaired) electrons. The van der Waals surface area contributed by atoms with E-state index in [-0.39, 0.29) is 11.9 Å². The Bertz CT molecular complexity index is 732. The topological polar surface area (TPSA) is 54.0 Å². The predicted molar refractivity (Wildman–Crippen MR) is 108 cm³/mol. The van der Waals surface area contributed by atoms with E-state index in [9.17, 15) is 4.79 Å². The van der Waals surface area contributed by atoms with Crippen molar-refractivity contribution in [2.75, 3.05) is 13.1 Å². The number of carbonyl (C=O) groups excluding carboxylic acids is 1. The van der Waals surface area contributed by atoms with Crippen molar-refractivity contribution in [2.24, 2.45) is 5.92 Å². The third-order valence-electron chi connectivity index (χ3n) is 5.14. The number of thiazole rings is 1. The van der Waals surface area contributed by atoms with E-state index >= 15 is 0 Å². The molecular formula is C21H29N3OS. The van der Waals surface area contributed by atoms with Crippen molar-refractivity contribution in [2.45, 2.75) is 52.5 Å². The van der Waals surface area contributed by atoms with E-state index < -0.39 is 0 Å². The van der Waals surface area contributed by atoms with Gasteiger partial charge in [0, 0.05) is 12.0 Å². The molecule has 0 spiro atoms. The van der Waals surface area contributed by atoms with E-state index in [4.69, 9.17) is 4.98 Å². The van der Waals surface area contributed by atoms with Crippen LogP contribution in [0.3, 0.4) is 0 Å². The van der Waals surface area contributed by atoms with Gasteiger partial charge in [0.05, 0.1) is 16.6 Å². The highest BCUT2D eigenvalue weighted by Crippen LogP contribution is 2.32. The van der Waals surface area contributed by atoms with Gasteiger partial charge in [-0.3, -0.25) is 4.79 Å². The third-order valence-corrected chi connectivity index (χ3v) is 6.53. The first kappa shape index (κ1) is 19.1. The molecule has 1 aromatic heterocycles. The molecule has 4 nitrogen and oxygen atoms in total. The zero-order valence-corrected chi connectivity index (χ0v) is 16.8. The first-order valence-electron chi connectivity index (χ1n) is 9.57. The van der Waals surface area contributed by atoms with Crippen molar-refractivity contribution < 1.29 is 4.79 Å². The Morgan fingerprint density at radius 2 is 1.96 bits per heavy atom. The number of nitrogens with zero attached hydrogens (tertiary/aromatic N) is 1. The Labute approximate surface area is 160 Å². The number of aromatic nitrogens is 1. The summed E-state index contributed by atoms with van der Waals surface area (Å²) in [7, 11) is 0. The molecule has 1 aliphatic rings. The number of piperidine rings is 1. The monoisotopic (exact) mass is 371 g/mol. The highest BCUT2D eigenvalue weighted by Gasteiger charge is 2.19. The molecule has 2 heterocycles. The molecule has 1 unspecified atom stereocenters. The molecule has 1 fully saturated rings. The predicted octanol–water partition coefficient (Wildman–Crippen LogP) is 4.38. The lowest BCUT2D eigenvalue weighted by molar-refractivity contribution is -0.122. The smallest absolute Gasteiger partial charge is 0.220 e. The van der Waals surface area contributed by atoms with Gasteiger partial charge in [-0.1, -0.05) is 29.8 Å². The second-order valence-electron chi connectivity index (χ2n) is 7.36. The minimum Gasteiger partial charge on any atom is -0.349 e. The van der Waals surface area contributed by atoms with Gasteiger partial charge >= 0.3 is 0 Å².